The quantitative estimate of drug-likeness (QED) is 0.440. The zero-order valence-electron chi connectivity index (χ0n) is 14.4. The zero-order valence-corrected chi connectivity index (χ0v) is 16.8. The molecule has 0 radical (unpaired) electrons. The normalized spacial score (nSPS) is 12.2. The number of halogens is 1. The lowest BCUT2D eigenvalue weighted by Gasteiger charge is -2.04. The van der Waals surface area contributed by atoms with E-state index in [1.54, 1.807) is 30.8 Å². The van der Waals surface area contributed by atoms with Crippen LogP contribution in [-0.2, 0) is 0 Å². The molecule has 6 nitrogen and oxygen atoms in total. The molecule has 26 heavy (non-hydrogen) atoms. The molecule has 0 saturated carbocycles. The van der Waals surface area contributed by atoms with Crippen molar-refractivity contribution >= 4 is 45.7 Å². The van der Waals surface area contributed by atoms with E-state index < -0.39 is 0 Å². The van der Waals surface area contributed by atoms with Gasteiger partial charge in [0.15, 0.2) is 4.34 Å². The Labute approximate surface area is 164 Å². The van der Waals surface area contributed by atoms with E-state index in [2.05, 4.69) is 34.5 Å². The van der Waals surface area contributed by atoms with Gasteiger partial charge in [-0.2, -0.15) is 0 Å². The van der Waals surface area contributed by atoms with Crippen molar-refractivity contribution in [3.05, 3.63) is 40.6 Å². The number of carbonyl (C=O) groups is 1. The Morgan fingerprint density at radius 3 is 2.88 bits per heavy atom. The monoisotopic (exact) mass is 408 g/mol. The lowest BCUT2D eigenvalue weighted by molar-refractivity contribution is 0.102. The van der Waals surface area contributed by atoms with Gasteiger partial charge in [0.25, 0.3) is 5.91 Å². The second kappa shape index (κ2) is 8.20. The minimum absolute atomic E-state index is 0.337. The van der Waals surface area contributed by atoms with E-state index in [0.29, 0.717) is 38.0 Å². The predicted molar refractivity (Wildman–Crippen MR) is 105 cm³/mol. The molecule has 3 aromatic rings. The van der Waals surface area contributed by atoms with Gasteiger partial charge >= 0.3 is 0 Å². The maximum absolute atomic E-state index is 12.8. The molecule has 0 bridgehead atoms. The lowest BCUT2D eigenvalue weighted by Crippen LogP contribution is -2.13. The molecule has 1 N–H and O–H groups in total. The molecule has 2 heterocycles. The fourth-order valence-corrected chi connectivity index (χ4v) is 4.42. The van der Waals surface area contributed by atoms with Gasteiger partial charge in [-0.3, -0.25) is 10.1 Å². The number of rotatable bonds is 6. The number of thioether (sulfide) groups is 1. The number of anilines is 1. The van der Waals surface area contributed by atoms with E-state index in [0.717, 1.165) is 10.8 Å². The van der Waals surface area contributed by atoms with Gasteiger partial charge in [-0.25, -0.2) is 0 Å². The fourth-order valence-electron chi connectivity index (χ4n) is 2.20. The van der Waals surface area contributed by atoms with Gasteiger partial charge in [0.05, 0.1) is 5.02 Å². The van der Waals surface area contributed by atoms with Crippen molar-refractivity contribution in [2.24, 2.45) is 0 Å². The summed E-state index contributed by atoms with van der Waals surface area (Å²) in [5.41, 5.74) is 1.38. The molecule has 0 fully saturated rings. The Balaban J connectivity index is 1.83. The number of hydrogen-bond donors (Lipinski definition) is 1. The van der Waals surface area contributed by atoms with Gasteiger partial charge in [-0.1, -0.05) is 71.9 Å². The molecule has 2 aromatic heterocycles. The molecule has 1 amide bonds. The number of carbonyl (C=O) groups excluding carboxylic acids is 1. The smallest absolute Gasteiger partial charge is 0.263 e. The van der Waals surface area contributed by atoms with Crippen LogP contribution in [0.1, 0.15) is 36.4 Å². The first-order valence-electron chi connectivity index (χ1n) is 8.02. The highest BCUT2D eigenvalue weighted by Crippen LogP contribution is 2.33. The van der Waals surface area contributed by atoms with Crippen LogP contribution in [0.25, 0.3) is 11.3 Å². The first kappa shape index (κ1) is 18.9. The van der Waals surface area contributed by atoms with Crippen LogP contribution < -0.4 is 5.32 Å². The topological polar surface area (TPSA) is 80.9 Å². The highest BCUT2D eigenvalue weighted by molar-refractivity contribution is 8.01. The van der Waals surface area contributed by atoms with Crippen molar-refractivity contribution in [2.45, 2.75) is 36.8 Å². The van der Waals surface area contributed by atoms with E-state index in [1.807, 2.05) is 12.1 Å². The first-order valence-corrected chi connectivity index (χ1v) is 10.1. The van der Waals surface area contributed by atoms with Crippen molar-refractivity contribution in [3.8, 4) is 11.3 Å². The Kier molecular flexibility index (Phi) is 5.95. The summed E-state index contributed by atoms with van der Waals surface area (Å²) in [4.78, 5) is 12.8. The molecule has 0 spiro atoms. The highest BCUT2D eigenvalue weighted by atomic mass is 35.5. The summed E-state index contributed by atoms with van der Waals surface area (Å²) in [6.07, 6.45) is 1.03. The van der Waals surface area contributed by atoms with Crippen LogP contribution in [0.5, 0.6) is 0 Å². The Hall–Kier alpha value is -1.90. The average Bonchev–Trinajstić information content (AvgIpc) is 3.21. The fraction of sp³-hybridized carbons (Fsp3) is 0.294. The Morgan fingerprint density at radius 1 is 1.38 bits per heavy atom. The van der Waals surface area contributed by atoms with E-state index >= 15 is 0 Å². The molecule has 136 valence electrons. The highest BCUT2D eigenvalue weighted by Gasteiger charge is 2.24. The molecule has 0 saturated heterocycles. The number of nitrogens with zero attached hydrogens (tertiary/aromatic N) is 3. The summed E-state index contributed by atoms with van der Waals surface area (Å²) < 4.78 is 6.05. The van der Waals surface area contributed by atoms with Crippen LogP contribution in [0.15, 0.2) is 33.1 Å². The third kappa shape index (κ3) is 4.08. The van der Waals surface area contributed by atoms with Crippen LogP contribution in [0.3, 0.4) is 0 Å². The van der Waals surface area contributed by atoms with Gasteiger partial charge in [-0.15, -0.1) is 10.2 Å². The SMILES string of the molecule is CC[C@@H](C)Sc1nnc(NC(=O)c2c(-c3ccccc3Cl)noc2C)s1. The number of amides is 1. The molecule has 9 heteroatoms. The van der Waals surface area contributed by atoms with Crippen molar-refractivity contribution < 1.29 is 9.32 Å². The zero-order chi connectivity index (χ0) is 18.7. The molecular weight excluding hydrogens is 392 g/mol. The molecule has 0 aliphatic heterocycles. The van der Waals surface area contributed by atoms with Crippen LogP contribution in [0.4, 0.5) is 5.13 Å². The Bertz CT molecular complexity index is 925. The van der Waals surface area contributed by atoms with E-state index in [1.165, 1.54) is 11.3 Å². The van der Waals surface area contributed by atoms with Crippen molar-refractivity contribution in [2.75, 3.05) is 5.32 Å². The number of aromatic nitrogens is 3. The van der Waals surface area contributed by atoms with Crippen LogP contribution in [0.2, 0.25) is 5.02 Å². The largest absolute Gasteiger partial charge is 0.360 e. The molecule has 3 rings (SSSR count). The Morgan fingerprint density at radius 2 is 2.15 bits per heavy atom. The van der Waals surface area contributed by atoms with Gasteiger partial charge in [0.1, 0.15) is 17.0 Å². The van der Waals surface area contributed by atoms with E-state index in [9.17, 15) is 4.79 Å². The maximum Gasteiger partial charge on any atom is 0.263 e. The summed E-state index contributed by atoms with van der Waals surface area (Å²) in [7, 11) is 0. The van der Waals surface area contributed by atoms with Crippen LogP contribution in [0, 0.1) is 6.92 Å². The maximum atomic E-state index is 12.8. The number of aryl methyl sites for hydroxylation is 1. The van der Waals surface area contributed by atoms with E-state index in [-0.39, 0.29) is 5.91 Å². The molecule has 1 atom stereocenters. The minimum atomic E-state index is -0.352. The van der Waals surface area contributed by atoms with Crippen LogP contribution in [-0.4, -0.2) is 26.5 Å². The molecule has 0 unspecified atom stereocenters. The van der Waals surface area contributed by atoms with Crippen molar-refractivity contribution in [1.82, 2.24) is 15.4 Å². The summed E-state index contributed by atoms with van der Waals surface area (Å²) in [6.45, 7) is 5.93. The van der Waals surface area contributed by atoms with Crippen molar-refractivity contribution in [3.63, 3.8) is 0 Å². The van der Waals surface area contributed by atoms with E-state index in [4.69, 9.17) is 16.1 Å². The summed E-state index contributed by atoms with van der Waals surface area (Å²) in [5.74, 6) is 0.0612. The summed E-state index contributed by atoms with van der Waals surface area (Å²) in [6, 6.07) is 7.18. The van der Waals surface area contributed by atoms with Crippen LogP contribution >= 0.6 is 34.7 Å². The molecule has 0 aliphatic rings. The predicted octanol–water partition coefficient (Wildman–Crippen LogP) is 5.30. The summed E-state index contributed by atoms with van der Waals surface area (Å²) in [5, 5.41) is 16.3. The van der Waals surface area contributed by atoms with Crippen molar-refractivity contribution in [1.29, 1.82) is 0 Å². The van der Waals surface area contributed by atoms with Gasteiger partial charge in [0, 0.05) is 10.8 Å². The minimum Gasteiger partial charge on any atom is -0.360 e. The number of hydrogen-bond acceptors (Lipinski definition) is 7. The lowest BCUT2D eigenvalue weighted by atomic mass is 10.1. The third-order valence-corrected chi connectivity index (χ3v) is 6.24. The number of benzene rings is 1. The molecular formula is C17H17ClN4O2S2. The van der Waals surface area contributed by atoms with Gasteiger partial charge in [-0.05, 0) is 19.4 Å². The van der Waals surface area contributed by atoms with Gasteiger partial charge < -0.3 is 4.52 Å². The second-order valence-corrected chi connectivity index (χ2v) is 8.68. The van der Waals surface area contributed by atoms with Gasteiger partial charge in [0.2, 0.25) is 5.13 Å². The first-order chi connectivity index (χ1) is 12.5. The number of nitrogens with one attached hydrogen (secondary N) is 1. The molecule has 0 aliphatic carbocycles. The standard InChI is InChI=1S/C17H17ClN4O2S2/c1-4-9(2)25-17-21-20-16(26-17)19-15(23)13-10(3)24-22-14(13)11-7-5-6-8-12(11)18/h5-9H,4H2,1-3H3,(H,19,20,23)/t9-/m1/s1. The second-order valence-electron chi connectivity index (χ2n) is 5.61. The average molecular weight is 409 g/mol. The third-order valence-electron chi connectivity index (χ3n) is 3.72. The summed E-state index contributed by atoms with van der Waals surface area (Å²) >= 11 is 9.22. The molecule has 1 aromatic carbocycles.